The number of nitrogens with one attached hydrogen (secondary N) is 1. The highest BCUT2D eigenvalue weighted by molar-refractivity contribution is 5.81. The van der Waals surface area contributed by atoms with Crippen LogP contribution in [-0.4, -0.2) is 30.9 Å². The van der Waals surface area contributed by atoms with Crippen LogP contribution in [0.15, 0.2) is 24.3 Å². The lowest BCUT2D eigenvalue weighted by molar-refractivity contribution is -0.123. The van der Waals surface area contributed by atoms with E-state index in [2.05, 4.69) is 16.3 Å². The van der Waals surface area contributed by atoms with E-state index in [1.807, 2.05) is 46.1 Å². The molecular formula is C15H25N3O. The number of amides is 1. The van der Waals surface area contributed by atoms with Crippen LogP contribution in [-0.2, 0) is 17.9 Å². The van der Waals surface area contributed by atoms with Crippen LogP contribution < -0.4 is 11.1 Å². The number of hydrogen-bond donors (Lipinski definition) is 2. The average molecular weight is 263 g/mol. The maximum atomic E-state index is 11.8. The van der Waals surface area contributed by atoms with Crippen LogP contribution in [0.5, 0.6) is 0 Å². The molecule has 19 heavy (non-hydrogen) atoms. The number of hydrogen-bond acceptors (Lipinski definition) is 3. The molecule has 1 aromatic rings. The van der Waals surface area contributed by atoms with E-state index >= 15 is 0 Å². The van der Waals surface area contributed by atoms with Gasteiger partial charge in [0, 0.05) is 13.1 Å². The minimum Gasteiger partial charge on any atom is -0.351 e. The Hall–Kier alpha value is -1.39. The second kappa shape index (κ2) is 7.26. The van der Waals surface area contributed by atoms with Crippen molar-refractivity contribution in [2.45, 2.75) is 33.0 Å². The second-order valence-electron chi connectivity index (χ2n) is 5.49. The Morgan fingerprint density at radius 1 is 1.26 bits per heavy atom. The fourth-order valence-electron chi connectivity index (χ4n) is 1.83. The van der Waals surface area contributed by atoms with Crippen LogP contribution in [0.4, 0.5) is 0 Å². The van der Waals surface area contributed by atoms with Crippen LogP contribution >= 0.6 is 0 Å². The van der Waals surface area contributed by atoms with Crippen LogP contribution in [0, 0.1) is 5.92 Å². The van der Waals surface area contributed by atoms with E-state index in [0.717, 1.165) is 12.1 Å². The number of nitrogens with two attached hydrogens (primary N) is 1. The third-order valence-corrected chi connectivity index (χ3v) is 3.08. The Balaban J connectivity index is 2.65. The summed E-state index contributed by atoms with van der Waals surface area (Å²) in [5, 5.41) is 2.91. The number of carbonyl (C=O) groups is 1. The zero-order valence-corrected chi connectivity index (χ0v) is 12.3. The van der Waals surface area contributed by atoms with E-state index in [1.165, 1.54) is 5.56 Å². The first-order valence-corrected chi connectivity index (χ1v) is 6.66. The highest BCUT2D eigenvalue weighted by Crippen LogP contribution is 2.10. The van der Waals surface area contributed by atoms with Crippen LogP contribution in [0.2, 0.25) is 0 Å². The predicted molar refractivity (Wildman–Crippen MR) is 78.5 cm³/mol. The van der Waals surface area contributed by atoms with Crippen molar-refractivity contribution in [1.29, 1.82) is 0 Å². The molecule has 0 heterocycles. The molecule has 0 spiro atoms. The molecule has 4 heteroatoms. The van der Waals surface area contributed by atoms with Gasteiger partial charge in [-0.05, 0) is 31.1 Å². The normalized spacial score (nSPS) is 12.8. The summed E-state index contributed by atoms with van der Waals surface area (Å²) in [7, 11) is 4.06. The molecule has 0 saturated carbocycles. The average Bonchev–Trinajstić information content (AvgIpc) is 2.35. The molecule has 0 saturated heterocycles. The topological polar surface area (TPSA) is 58.4 Å². The van der Waals surface area contributed by atoms with Gasteiger partial charge >= 0.3 is 0 Å². The molecule has 0 radical (unpaired) electrons. The summed E-state index contributed by atoms with van der Waals surface area (Å²) in [6.45, 7) is 5.29. The van der Waals surface area contributed by atoms with Crippen molar-refractivity contribution in [2.24, 2.45) is 11.7 Å². The Morgan fingerprint density at radius 2 is 1.84 bits per heavy atom. The SMILES string of the molecule is CC(C)[C@@H](N)C(=O)NCc1ccccc1CN(C)C. The molecule has 1 amide bonds. The largest absolute Gasteiger partial charge is 0.351 e. The van der Waals surface area contributed by atoms with Gasteiger partial charge in [-0.2, -0.15) is 0 Å². The lowest BCUT2D eigenvalue weighted by Crippen LogP contribution is -2.43. The lowest BCUT2D eigenvalue weighted by atomic mass is 10.0. The molecule has 0 bridgehead atoms. The molecule has 106 valence electrons. The summed E-state index contributed by atoms with van der Waals surface area (Å²) in [5.74, 6) is 0.0617. The van der Waals surface area contributed by atoms with Gasteiger partial charge < -0.3 is 16.0 Å². The van der Waals surface area contributed by atoms with Crippen molar-refractivity contribution in [3.8, 4) is 0 Å². The Labute approximate surface area is 116 Å². The maximum absolute atomic E-state index is 11.8. The number of nitrogens with zero attached hydrogens (tertiary/aromatic N) is 1. The van der Waals surface area contributed by atoms with Gasteiger partial charge in [0.1, 0.15) is 0 Å². The van der Waals surface area contributed by atoms with Gasteiger partial charge in [0.15, 0.2) is 0 Å². The summed E-state index contributed by atoms with van der Waals surface area (Å²) in [5.41, 5.74) is 8.19. The van der Waals surface area contributed by atoms with Gasteiger partial charge in [0.2, 0.25) is 5.91 Å². The standard InChI is InChI=1S/C15H25N3O/c1-11(2)14(16)15(19)17-9-12-7-5-6-8-13(12)10-18(3)4/h5-8,11,14H,9-10,16H2,1-4H3,(H,17,19)/t14-/m1/s1. The third-order valence-electron chi connectivity index (χ3n) is 3.08. The summed E-state index contributed by atoms with van der Waals surface area (Å²) >= 11 is 0. The van der Waals surface area contributed by atoms with Crippen molar-refractivity contribution in [1.82, 2.24) is 10.2 Å². The van der Waals surface area contributed by atoms with E-state index in [1.54, 1.807) is 0 Å². The van der Waals surface area contributed by atoms with E-state index in [9.17, 15) is 4.79 Å². The van der Waals surface area contributed by atoms with E-state index < -0.39 is 6.04 Å². The Kier molecular flexibility index (Phi) is 5.99. The molecule has 1 atom stereocenters. The van der Waals surface area contributed by atoms with Crippen molar-refractivity contribution >= 4 is 5.91 Å². The summed E-state index contributed by atoms with van der Waals surface area (Å²) in [4.78, 5) is 14.0. The predicted octanol–water partition coefficient (Wildman–Crippen LogP) is 1.35. The van der Waals surface area contributed by atoms with E-state index in [0.29, 0.717) is 6.54 Å². The maximum Gasteiger partial charge on any atom is 0.237 e. The quantitative estimate of drug-likeness (QED) is 0.814. The minimum absolute atomic E-state index is 0.0883. The van der Waals surface area contributed by atoms with Crippen LogP contribution in [0.3, 0.4) is 0 Å². The number of benzene rings is 1. The molecule has 3 N–H and O–H groups in total. The summed E-state index contributed by atoms with van der Waals surface area (Å²) in [6.07, 6.45) is 0. The summed E-state index contributed by atoms with van der Waals surface area (Å²) < 4.78 is 0. The molecule has 0 unspecified atom stereocenters. The number of carbonyl (C=O) groups excluding carboxylic acids is 1. The monoisotopic (exact) mass is 263 g/mol. The Morgan fingerprint density at radius 3 is 2.37 bits per heavy atom. The van der Waals surface area contributed by atoms with Gasteiger partial charge in [-0.1, -0.05) is 38.1 Å². The van der Waals surface area contributed by atoms with Gasteiger partial charge in [-0.3, -0.25) is 4.79 Å². The molecular weight excluding hydrogens is 238 g/mol. The van der Waals surface area contributed by atoms with Crippen molar-refractivity contribution in [3.63, 3.8) is 0 Å². The molecule has 0 aliphatic rings. The highest BCUT2D eigenvalue weighted by Gasteiger charge is 2.16. The van der Waals surface area contributed by atoms with E-state index in [-0.39, 0.29) is 11.8 Å². The zero-order valence-electron chi connectivity index (χ0n) is 12.3. The first kappa shape index (κ1) is 15.7. The fourth-order valence-corrected chi connectivity index (χ4v) is 1.83. The van der Waals surface area contributed by atoms with Gasteiger partial charge in [-0.25, -0.2) is 0 Å². The van der Waals surface area contributed by atoms with Crippen LogP contribution in [0.1, 0.15) is 25.0 Å². The molecule has 0 aromatic heterocycles. The third kappa shape index (κ3) is 5.01. The molecule has 1 rings (SSSR count). The van der Waals surface area contributed by atoms with Crippen LogP contribution in [0.25, 0.3) is 0 Å². The Bertz CT molecular complexity index is 416. The van der Waals surface area contributed by atoms with Crippen molar-refractivity contribution in [3.05, 3.63) is 35.4 Å². The molecule has 0 aliphatic carbocycles. The van der Waals surface area contributed by atoms with Crippen molar-refractivity contribution < 1.29 is 4.79 Å². The van der Waals surface area contributed by atoms with Crippen molar-refractivity contribution in [2.75, 3.05) is 14.1 Å². The van der Waals surface area contributed by atoms with Gasteiger partial charge in [0.05, 0.1) is 6.04 Å². The minimum atomic E-state index is -0.444. The smallest absolute Gasteiger partial charge is 0.237 e. The fraction of sp³-hybridized carbons (Fsp3) is 0.533. The second-order valence-corrected chi connectivity index (χ2v) is 5.49. The molecule has 4 nitrogen and oxygen atoms in total. The van der Waals surface area contributed by atoms with Gasteiger partial charge in [0.25, 0.3) is 0 Å². The highest BCUT2D eigenvalue weighted by atomic mass is 16.2. The molecule has 0 aliphatic heterocycles. The van der Waals surface area contributed by atoms with E-state index in [4.69, 9.17) is 5.73 Å². The lowest BCUT2D eigenvalue weighted by Gasteiger charge is -2.17. The first-order chi connectivity index (χ1) is 8.91. The van der Waals surface area contributed by atoms with Gasteiger partial charge in [-0.15, -0.1) is 0 Å². The molecule has 1 aromatic carbocycles. The first-order valence-electron chi connectivity index (χ1n) is 6.66. The number of rotatable bonds is 6. The summed E-state index contributed by atoms with van der Waals surface area (Å²) in [6, 6.07) is 7.69. The zero-order chi connectivity index (χ0) is 14.4. The molecule has 0 fully saturated rings.